The number of aliphatic hydroxyl groups excluding tert-OH is 1. The van der Waals surface area contributed by atoms with Crippen molar-refractivity contribution in [2.75, 3.05) is 33.3 Å². The molecule has 1 aromatic carbocycles. The normalized spacial score (nSPS) is 17.9. The summed E-state index contributed by atoms with van der Waals surface area (Å²) < 4.78 is 5.29. The van der Waals surface area contributed by atoms with Crippen molar-refractivity contribution >= 4 is 17.4 Å². The van der Waals surface area contributed by atoms with E-state index in [9.17, 15) is 14.7 Å². The van der Waals surface area contributed by atoms with E-state index in [4.69, 9.17) is 4.74 Å². The van der Waals surface area contributed by atoms with E-state index in [1.165, 1.54) is 4.90 Å². The summed E-state index contributed by atoms with van der Waals surface area (Å²) in [5, 5.41) is 11.1. The number of aliphatic hydroxyl groups is 1. The van der Waals surface area contributed by atoms with Crippen molar-refractivity contribution in [2.24, 2.45) is 0 Å². The molecule has 1 aromatic heterocycles. The predicted octanol–water partition coefficient (Wildman–Crippen LogP) is 3.55. The minimum Gasteiger partial charge on any atom is -0.507 e. The molecule has 0 bridgehead atoms. The summed E-state index contributed by atoms with van der Waals surface area (Å²) in [6.07, 6.45) is 2.35. The molecule has 0 spiro atoms. The number of pyridine rings is 1. The number of likely N-dealkylation sites (tertiary alicyclic amines) is 1. The molecule has 7 heteroatoms. The van der Waals surface area contributed by atoms with Crippen molar-refractivity contribution in [1.82, 2.24) is 14.8 Å². The number of Topliss-reactive ketones (excluding diaryl/α,β-unsaturated/α-hetero) is 1. The maximum absolute atomic E-state index is 13.1. The van der Waals surface area contributed by atoms with E-state index in [0.29, 0.717) is 23.6 Å². The topological polar surface area (TPSA) is 83.0 Å². The largest absolute Gasteiger partial charge is 0.507 e. The van der Waals surface area contributed by atoms with Crippen molar-refractivity contribution in [2.45, 2.75) is 33.2 Å². The number of hydrogen-bond donors (Lipinski definition) is 1. The van der Waals surface area contributed by atoms with Crippen molar-refractivity contribution in [3.63, 3.8) is 0 Å². The molecule has 170 valence electrons. The van der Waals surface area contributed by atoms with E-state index in [2.05, 4.69) is 23.7 Å². The lowest BCUT2D eigenvalue weighted by atomic mass is 9.97. The zero-order valence-electron chi connectivity index (χ0n) is 19.2. The van der Waals surface area contributed by atoms with Crippen LogP contribution in [0.15, 0.2) is 48.2 Å². The number of ketones is 1. The van der Waals surface area contributed by atoms with Gasteiger partial charge in [-0.05, 0) is 68.9 Å². The van der Waals surface area contributed by atoms with Crippen molar-refractivity contribution in [1.29, 1.82) is 0 Å². The Balaban J connectivity index is 2.02. The average molecular weight is 438 g/mol. The van der Waals surface area contributed by atoms with E-state index in [1.807, 2.05) is 13.0 Å². The second kappa shape index (κ2) is 10.4. The maximum atomic E-state index is 13.1. The fourth-order valence-electron chi connectivity index (χ4n) is 4.14. The zero-order valence-corrected chi connectivity index (χ0v) is 19.2. The number of rotatable bonds is 9. The fourth-order valence-corrected chi connectivity index (χ4v) is 4.14. The highest BCUT2D eigenvalue weighted by atomic mass is 16.5. The highest BCUT2D eigenvalue weighted by molar-refractivity contribution is 6.46. The summed E-state index contributed by atoms with van der Waals surface area (Å²) >= 11 is 0. The quantitative estimate of drug-likeness (QED) is 0.367. The van der Waals surface area contributed by atoms with E-state index in [0.717, 1.165) is 31.6 Å². The number of ether oxygens (including phenoxy) is 1. The Morgan fingerprint density at radius 2 is 1.94 bits per heavy atom. The monoisotopic (exact) mass is 437 g/mol. The molecule has 1 atom stereocenters. The highest BCUT2D eigenvalue weighted by Gasteiger charge is 2.46. The van der Waals surface area contributed by atoms with Gasteiger partial charge in [-0.25, -0.2) is 0 Å². The van der Waals surface area contributed by atoms with Gasteiger partial charge in [-0.3, -0.25) is 14.6 Å². The molecule has 0 saturated carbocycles. The third kappa shape index (κ3) is 4.67. The van der Waals surface area contributed by atoms with Crippen LogP contribution in [0.4, 0.5) is 0 Å². The number of nitrogens with zero attached hydrogens (tertiary/aromatic N) is 3. The SMILES string of the molecule is CCN(CC)CCCN1C(=O)C(=O)/C(=C(/O)c2ccc(OC)c(C)c2)C1c1ccccn1. The first-order valence-corrected chi connectivity index (χ1v) is 11.0. The molecule has 1 aliphatic heterocycles. The Hall–Kier alpha value is -3.19. The number of benzene rings is 1. The van der Waals surface area contributed by atoms with Crippen molar-refractivity contribution < 1.29 is 19.4 Å². The van der Waals surface area contributed by atoms with Crippen LogP contribution in [0.5, 0.6) is 5.75 Å². The zero-order chi connectivity index (χ0) is 23.3. The van der Waals surface area contributed by atoms with Gasteiger partial charge >= 0.3 is 0 Å². The third-order valence-corrected chi connectivity index (χ3v) is 5.94. The molecule has 1 aliphatic rings. The number of carbonyl (C=O) groups is 2. The summed E-state index contributed by atoms with van der Waals surface area (Å²) in [5.74, 6) is -0.808. The molecule has 1 N–H and O–H groups in total. The van der Waals surface area contributed by atoms with Gasteiger partial charge in [0.25, 0.3) is 11.7 Å². The van der Waals surface area contributed by atoms with Gasteiger partial charge in [0.1, 0.15) is 17.6 Å². The molecule has 7 nitrogen and oxygen atoms in total. The van der Waals surface area contributed by atoms with Crippen LogP contribution >= 0.6 is 0 Å². The maximum Gasteiger partial charge on any atom is 0.295 e. The molecular formula is C25H31N3O4. The molecule has 32 heavy (non-hydrogen) atoms. The predicted molar refractivity (Wildman–Crippen MR) is 123 cm³/mol. The minimum absolute atomic E-state index is 0.0705. The van der Waals surface area contributed by atoms with Crippen molar-refractivity contribution in [3.8, 4) is 5.75 Å². The molecule has 1 amide bonds. The van der Waals surface area contributed by atoms with Gasteiger partial charge in [0.15, 0.2) is 0 Å². The Labute approximate surface area is 189 Å². The lowest BCUT2D eigenvalue weighted by Crippen LogP contribution is -2.33. The van der Waals surface area contributed by atoms with E-state index in [-0.39, 0.29) is 11.3 Å². The van der Waals surface area contributed by atoms with Crippen LogP contribution in [0.3, 0.4) is 0 Å². The Morgan fingerprint density at radius 1 is 1.19 bits per heavy atom. The molecule has 2 aromatic rings. The van der Waals surface area contributed by atoms with Gasteiger partial charge in [-0.2, -0.15) is 0 Å². The summed E-state index contributed by atoms with van der Waals surface area (Å²) in [4.78, 5) is 34.3. The Morgan fingerprint density at radius 3 is 2.53 bits per heavy atom. The minimum atomic E-state index is -0.727. The first-order chi connectivity index (χ1) is 15.4. The molecule has 0 radical (unpaired) electrons. The van der Waals surface area contributed by atoms with Crippen LogP contribution in [0.2, 0.25) is 0 Å². The van der Waals surface area contributed by atoms with Crippen LogP contribution in [0, 0.1) is 6.92 Å². The third-order valence-electron chi connectivity index (χ3n) is 5.94. The first-order valence-electron chi connectivity index (χ1n) is 11.0. The Bertz CT molecular complexity index is 1000. The van der Waals surface area contributed by atoms with Gasteiger partial charge in [-0.15, -0.1) is 0 Å². The number of methoxy groups -OCH3 is 1. The first kappa shape index (κ1) is 23.5. The highest BCUT2D eigenvalue weighted by Crippen LogP contribution is 2.39. The number of carbonyl (C=O) groups excluding carboxylic acids is 2. The number of aryl methyl sites for hydroxylation is 1. The van der Waals surface area contributed by atoms with Gasteiger partial charge in [0, 0.05) is 18.3 Å². The number of amides is 1. The van der Waals surface area contributed by atoms with Crippen LogP contribution in [0.25, 0.3) is 5.76 Å². The summed E-state index contributed by atoms with van der Waals surface area (Å²) in [6, 6.07) is 9.82. The summed E-state index contributed by atoms with van der Waals surface area (Å²) in [6.45, 7) is 9.13. The molecule has 0 aliphatic carbocycles. The van der Waals surface area contributed by atoms with E-state index < -0.39 is 17.7 Å². The van der Waals surface area contributed by atoms with E-state index in [1.54, 1.807) is 43.6 Å². The van der Waals surface area contributed by atoms with Gasteiger partial charge in [-0.1, -0.05) is 19.9 Å². The molecule has 1 unspecified atom stereocenters. The van der Waals surface area contributed by atoms with Crippen LogP contribution in [0.1, 0.15) is 43.1 Å². The lowest BCUT2D eigenvalue weighted by molar-refractivity contribution is -0.140. The lowest BCUT2D eigenvalue weighted by Gasteiger charge is -2.26. The molecule has 1 fully saturated rings. The summed E-state index contributed by atoms with van der Waals surface area (Å²) in [5.41, 5.74) is 1.91. The fraction of sp³-hybridized carbons (Fsp3) is 0.400. The summed E-state index contributed by atoms with van der Waals surface area (Å²) in [7, 11) is 1.58. The molecule has 2 heterocycles. The molecular weight excluding hydrogens is 406 g/mol. The second-order valence-electron chi connectivity index (χ2n) is 7.81. The number of aromatic nitrogens is 1. The van der Waals surface area contributed by atoms with Gasteiger partial charge in [0.2, 0.25) is 0 Å². The molecule has 1 saturated heterocycles. The van der Waals surface area contributed by atoms with Crippen molar-refractivity contribution in [3.05, 3.63) is 65.0 Å². The van der Waals surface area contributed by atoms with Crippen LogP contribution < -0.4 is 4.74 Å². The average Bonchev–Trinajstić information content (AvgIpc) is 3.06. The van der Waals surface area contributed by atoms with Gasteiger partial charge in [0.05, 0.1) is 18.4 Å². The second-order valence-corrected chi connectivity index (χ2v) is 7.81. The van der Waals surface area contributed by atoms with Crippen LogP contribution in [-0.2, 0) is 9.59 Å². The standard InChI is InChI=1S/C25H31N3O4/c1-5-27(6-2)14-9-15-28-22(19-10-7-8-13-26-19)21(24(30)25(28)31)23(29)18-11-12-20(32-4)17(3)16-18/h7-8,10-13,16,22,29H,5-6,9,14-15H2,1-4H3/b23-21+. The van der Waals surface area contributed by atoms with Gasteiger partial charge < -0.3 is 19.6 Å². The Kier molecular flexibility index (Phi) is 7.64. The van der Waals surface area contributed by atoms with E-state index >= 15 is 0 Å². The number of hydrogen-bond acceptors (Lipinski definition) is 6. The smallest absolute Gasteiger partial charge is 0.295 e. The van der Waals surface area contributed by atoms with Crippen LogP contribution in [-0.4, -0.2) is 64.9 Å². The molecule has 3 rings (SSSR count).